The predicted molar refractivity (Wildman–Crippen MR) is 82.6 cm³/mol. The Hall–Kier alpha value is -1.10. The second kappa shape index (κ2) is 7.07. The lowest BCUT2D eigenvalue weighted by Crippen LogP contribution is -2.03. The molecule has 2 rings (SSSR count). The topological polar surface area (TPSA) is 35.2 Å². The molecule has 0 aliphatic heterocycles. The average molecular weight is 359 g/mol. The standard InChI is InChI=1S/C15H14BrClFNO/c16-13-8-12(18)3-2-11(13)9-20-15-4-1-10(5-6-19)7-14(15)17/h1-4,7-8H,5-6,9,19H2. The first-order valence-corrected chi connectivity index (χ1v) is 7.32. The average Bonchev–Trinajstić information content (AvgIpc) is 2.40. The van der Waals surface area contributed by atoms with Gasteiger partial charge in [0.05, 0.1) is 5.02 Å². The summed E-state index contributed by atoms with van der Waals surface area (Å²) in [4.78, 5) is 0. The number of hydrogen-bond donors (Lipinski definition) is 1. The highest BCUT2D eigenvalue weighted by Gasteiger charge is 2.06. The zero-order chi connectivity index (χ0) is 14.5. The van der Waals surface area contributed by atoms with E-state index in [0.29, 0.717) is 28.4 Å². The van der Waals surface area contributed by atoms with Crippen molar-refractivity contribution in [3.8, 4) is 5.75 Å². The van der Waals surface area contributed by atoms with Crippen LogP contribution in [0.1, 0.15) is 11.1 Å². The molecule has 106 valence electrons. The van der Waals surface area contributed by atoms with Gasteiger partial charge in [0.25, 0.3) is 0 Å². The number of hydrogen-bond acceptors (Lipinski definition) is 2. The number of benzene rings is 2. The van der Waals surface area contributed by atoms with E-state index in [1.165, 1.54) is 12.1 Å². The number of halogens is 3. The highest BCUT2D eigenvalue weighted by Crippen LogP contribution is 2.27. The molecule has 2 aromatic rings. The van der Waals surface area contributed by atoms with Crippen LogP contribution in [0.4, 0.5) is 4.39 Å². The Morgan fingerprint density at radius 2 is 2.00 bits per heavy atom. The summed E-state index contributed by atoms with van der Waals surface area (Å²) in [5.74, 6) is 0.313. The fraction of sp³-hybridized carbons (Fsp3) is 0.200. The second-order valence-corrected chi connectivity index (χ2v) is 5.59. The zero-order valence-corrected chi connectivity index (χ0v) is 13.0. The first-order valence-electron chi connectivity index (χ1n) is 6.15. The molecule has 0 aliphatic carbocycles. The van der Waals surface area contributed by atoms with Crippen molar-refractivity contribution in [2.75, 3.05) is 6.54 Å². The highest BCUT2D eigenvalue weighted by molar-refractivity contribution is 9.10. The van der Waals surface area contributed by atoms with Gasteiger partial charge in [-0.3, -0.25) is 0 Å². The third kappa shape index (κ3) is 3.95. The number of ether oxygens (including phenoxy) is 1. The predicted octanol–water partition coefficient (Wildman–Crippen LogP) is 4.32. The smallest absolute Gasteiger partial charge is 0.138 e. The Bertz CT molecular complexity index is 606. The summed E-state index contributed by atoms with van der Waals surface area (Å²) >= 11 is 9.46. The maximum Gasteiger partial charge on any atom is 0.138 e. The number of nitrogens with two attached hydrogens (primary N) is 1. The molecule has 5 heteroatoms. The first-order chi connectivity index (χ1) is 9.60. The molecule has 0 radical (unpaired) electrons. The van der Waals surface area contributed by atoms with Gasteiger partial charge in [-0.1, -0.05) is 39.7 Å². The molecule has 20 heavy (non-hydrogen) atoms. The Labute approximate surface area is 130 Å². The molecule has 2 nitrogen and oxygen atoms in total. The minimum Gasteiger partial charge on any atom is -0.487 e. The fourth-order valence-corrected chi connectivity index (χ4v) is 2.50. The van der Waals surface area contributed by atoms with E-state index in [1.54, 1.807) is 6.07 Å². The summed E-state index contributed by atoms with van der Waals surface area (Å²) in [6, 6.07) is 10.1. The highest BCUT2D eigenvalue weighted by atomic mass is 79.9. The van der Waals surface area contributed by atoms with Gasteiger partial charge in [-0.2, -0.15) is 0 Å². The van der Waals surface area contributed by atoms with Gasteiger partial charge in [0, 0.05) is 10.0 Å². The molecule has 0 aromatic heterocycles. The maximum absolute atomic E-state index is 13.0. The van der Waals surface area contributed by atoms with E-state index in [1.807, 2.05) is 18.2 Å². The summed E-state index contributed by atoms with van der Waals surface area (Å²) in [6.07, 6.45) is 0.781. The van der Waals surface area contributed by atoms with Crippen molar-refractivity contribution >= 4 is 27.5 Å². The van der Waals surface area contributed by atoms with Crippen LogP contribution < -0.4 is 10.5 Å². The van der Waals surface area contributed by atoms with E-state index in [9.17, 15) is 4.39 Å². The molecule has 0 amide bonds. The van der Waals surface area contributed by atoms with Crippen LogP contribution in [0.5, 0.6) is 5.75 Å². The lowest BCUT2D eigenvalue weighted by Gasteiger charge is -2.10. The summed E-state index contributed by atoms with van der Waals surface area (Å²) in [7, 11) is 0. The lowest BCUT2D eigenvalue weighted by molar-refractivity contribution is 0.305. The van der Waals surface area contributed by atoms with Crippen LogP contribution in [0.3, 0.4) is 0 Å². The third-order valence-electron chi connectivity index (χ3n) is 2.83. The SMILES string of the molecule is NCCc1ccc(OCc2ccc(F)cc2Br)c(Cl)c1. The molecule has 0 fully saturated rings. The molecule has 0 atom stereocenters. The van der Waals surface area contributed by atoms with Crippen LogP contribution in [0.2, 0.25) is 5.02 Å². The Morgan fingerprint density at radius 1 is 1.20 bits per heavy atom. The van der Waals surface area contributed by atoms with Crippen molar-refractivity contribution in [2.45, 2.75) is 13.0 Å². The first kappa shape index (κ1) is 15.3. The van der Waals surface area contributed by atoms with Crippen LogP contribution in [-0.4, -0.2) is 6.54 Å². The molecule has 0 bridgehead atoms. The Kier molecular flexibility index (Phi) is 5.40. The summed E-state index contributed by atoms with van der Waals surface area (Å²) in [6.45, 7) is 0.899. The van der Waals surface area contributed by atoms with Crippen molar-refractivity contribution < 1.29 is 9.13 Å². The molecule has 0 heterocycles. The van der Waals surface area contributed by atoms with Gasteiger partial charge in [-0.15, -0.1) is 0 Å². The molecular formula is C15H14BrClFNO. The van der Waals surface area contributed by atoms with Crippen LogP contribution in [0.15, 0.2) is 40.9 Å². The lowest BCUT2D eigenvalue weighted by atomic mass is 10.1. The quantitative estimate of drug-likeness (QED) is 0.864. The van der Waals surface area contributed by atoms with Crippen molar-refractivity contribution in [1.82, 2.24) is 0 Å². The largest absolute Gasteiger partial charge is 0.487 e. The van der Waals surface area contributed by atoms with Gasteiger partial charge in [0.15, 0.2) is 0 Å². The van der Waals surface area contributed by atoms with Crippen molar-refractivity contribution in [3.05, 3.63) is 62.8 Å². The van der Waals surface area contributed by atoms with Crippen molar-refractivity contribution in [3.63, 3.8) is 0 Å². The second-order valence-electron chi connectivity index (χ2n) is 4.33. The van der Waals surface area contributed by atoms with Crippen LogP contribution in [-0.2, 0) is 13.0 Å². The van der Waals surface area contributed by atoms with Crippen molar-refractivity contribution in [1.29, 1.82) is 0 Å². The minimum absolute atomic E-state index is 0.287. The van der Waals surface area contributed by atoms with Gasteiger partial charge in [0.1, 0.15) is 18.2 Å². The van der Waals surface area contributed by atoms with E-state index < -0.39 is 0 Å². The summed E-state index contributed by atoms with van der Waals surface area (Å²) in [5.41, 5.74) is 7.43. The molecule has 0 saturated heterocycles. The van der Waals surface area contributed by atoms with Gasteiger partial charge >= 0.3 is 0 Å². The minimum atomic E-state index is -0.287. The van der Waals surface area contributed by atoms with E-state index in [2.05, 4.69) is 15.9 Å². The molecule has 2 N–H and O–H groups in total. The normalized spacial score (nSPS) is 10.6. The van der Waals surface area contributed by atoms with Gasteiger partial charge in [0.2, 0.25) is 0 Å². The molecular weight excluding hydrogens is 345 g/mol. The van der Waals surface area contributed by atoms with Crippen LogP contribution in [0, 0.1) is 5.82 Å². The van der Waals surface area contributed by atoms with Crippen LogP contribution in [0.25, 0.3) is 0 Å². The Balaban J connectivity index is 2.07. The van der Waals surface area contributed by atoms with Gasteiger partial charge < -0.3 is 10.5 Å². The van der Waals surface area contributed by atoms with Gasteiger partial charge in [-0.25, -0.2) is 4.39 Å². The molecule has 2 aromatic carbocycles. The molecule has 0 spiro atoms. The van der Waals surface area contributed by atoms with E-state index >= 15 is 0 Å². The van der Waals surface area contributed by atoms with Gasteiger partial charge in [-0.05, 0) is 42.8 Å². The fourth-order valence-electron chi connectivity index (χ4n) is 1.78. The number of rotatable bonds is 5. The monoisotopic (exact) mass is 357 g/mol. The maximum atomic E-state index is 13.0. The van der Waals surface area contributed by atoms with Crippen molar-refractivity contribution in [2.24, 2.45) is 5.73 Å². The molecule has 0 unspecified atom stereocenters. The summed E-state index contributed by atoms with van der Waals surface area (Å²) < 4.78 is 19.3. The zero-order valence-electron chi connectivity index (χ0n) is 10.7. The van der Waals surface area contributed by atoms with E-state index in [-0.39, 0.29) is 5.82 Å². The Morgan fingerprint density at radius 3 is 2.65 bits per heavy atom. The van der Waals surface area contributed by atoms with E-state index in [4.69, 9.17) is 22.1 Å². The van der Waals surface area contributed by atoms with Crippen LogP contribution >= 0.6 is 27.5 Å². The molecule has 0 aliphatic rings. The third-order valence-corrected chi connectivity index (χ3v) is 3.86. The van der Waals surface area contributed by atoms with E-state index in [0.717, 1.165) is 17.5 Å². The molecule has 0 saturated carbocycles. The summed E-state index contributed by atoms with van der Waals surface area (Å²) in [5, 5.41) is 0.550.